The number of rotatable bonds is 4. The van der Waals surface area contributed by atoms with Crippen LogP contribution in [-0.4, -0.2) is 18.1 Å². The molecule has 4 aromatic rings. The smallest absolute Gasteiger partial charge is 0.340 e. The Morgan fingerprint density at radius 1 is 0.750 bits per heavy atom. The highest BCUT2D eigenvalue weighted by Gasteiger charge is 2.26. The summed E-state index contributed by atoms with van der Waals surface area (Å²) in [5.41, 5.74) is 5.13. The van der Waals surface area contributed by atoms with E-state index in [-0.39, 0.29) is 5.82 Å². The van der Waals surface area contributed by atoms with Crippen molar-refractivity contribution in [3.05, 3.63) is 96.3 Å². The summed E-state index contributed by atoms with van der Waals surface area (Å²) in [7, 11) is 1.37. The molecule has 0 unspecified atom stereocenters. The van der Waals surface area contributed by atoms with E-state index in [9.17, 15) is 9.18 Å². The summed E-state index contributed by atoms with van der Waals surface area (Å²) in [6.45, 7) is 0. The Morgan fingerprint density at radius 3 is 1.86 bits per heavy atom. The molecule has 0 aliphatic carbocycles. The van der Waals surface area contributed by atoms with Gasteiger partial charge < -0.3 is 9.72 Å². The molecule has 0 spiro atoms. The highest BCUT2D eigenvalue weighted by Crippen LogP contribution is 2.40. The predicted molar refractivity (Wildman–Crippen MR) is 108 cm³/mol. The van der Waals surface area contributed by atoms with Crippen molar-refractivity contribution >= 4 is 5.97 Å². The standard InChI is InChI=1S/C24H18FNO2/c1-28-24(27)21-20(16-8-4-2-5-9-16)22(18-12-14-19(25)15-13-18)26-23(21)17-10-6-3-7-11-17/h2-15,26H,1H3. The second kappa shape index (κ2) is 7.53. The van der Waals surface area contributed by atoms with Crippen LogP contribution in [-0.2, 0) is 4.74 Å². The van der Waals surface area contributed by atoms with Gasteiger partial charge in [0.15, 0.2) is 0 Å². The number of esters is 1. The summed E-state index contributed by atoms with van der Waals surface area (Å²) in [6.07, 6.45) is 0. The van der Waals surface area contributed by atoms with Gasteiger partial charge in [-0.25, -0.2) is 9.18 Å². The molecule has 3 aromatic carbocycles. The second-order valence-corrected chi connectivity index (χ2v) is 6.36. The normalized spacial score (nSPS) is 10.6. The van der Waals surface area contributed by atoms with Gasteiger partial charge >= 0.3 is 5.97 Å². The van der Waals surface area contributed by atoms with Crippen LogP contribution in [0.1, 0.15) is 10.4 Å². The van der Waals surface area contributed by atoms with Crippen molar-refractivity contribution in [2.75, 3.05) is 7.11 Å². The lowest BCUT2D eigenvalue weighted by Gasteiger charge is -2.08. The zero-order valence-corrected chi connectivity index (χ0v) is 15.3. The van der Waals surface area contributed by atoms with Gasteiger partial charge in [-0.1, -0.05) is 60.7 Å². The lowest BCUT2D eigenvalue weighted by molar-refractivity contribution is 0.0602. The van der Waals surface area contributed by atoms with Crippen molar-refractivity contribution in [3.8, 4) is 33.6 Å². The van der Waals surface area contributed by atoms with Crippen molar-refractivity contribution in [2.24, 2.45) is 0 Å². The van der Waals surface area contributed by atoms with Gasteiger partial charge in [0, 0.05) is 5.56 Å². The number of methoxy groups -OCH3 is 1. The maximum Gasteiger partial charge on any atom is 0.340 e. The fraction of sp³-hybridized carbons (Fsp3) is 0.0417. The Kier molecular flexibility index (Phi) is 4.77. The van der Waals surface area contributed by atoms with Crippen LogP contribution in [0.5, 0.6) is 0 Å². The molecular weight excluding hydrogens is 353 g/mol. The fourth-order valence-corrected chi connectivity index (χ4v) is 3.35. The maximum absolute atomic E-state index is 13.5. The third-order valence-electron chi connectivity index (χ3n) is 4.65. The molecule has 0 aliphatic rings. The van der Waals surface area contributed by atoms with Crippen LogP contribution in [0.3, 0.4) is 0 Å². The first-order chi connectivity index (χ1) is 13.7. The molecule has 138 valence electrons. The van der Waals surface area contributed by atoms with Crippen LogP contribution in [0.25, 0.3) is 33.6 Å². The van der Waals surface area contributed by atoms with Gasteiger partial charge in [-0.3, -0.25) is 0 Å². The molecule has 0 fully saturated rings. The van der Waals surface area contributed by atoms with Gasteiger partial charge in [-0.2, -0.15) is 0 Å². The Balaban J connectivity index is 2.06. The number of H-pyrrole nitrogens is 1. The molecule has 3 nitrogen and oxygen atoms in total. The average Bonchev–Trinajstić information content (AvgIpc) is 3.15. The molecule has 4 rings (SSSR count). The van der Waals surface area contributed by atoms with Crippen molar-refractivity contribution in [2.45, 2.75) is 0 Å². The third-order valence-corrected chi connectivity index (χ3v) is 4.65. The lowest BCUT2D eigenvalue weighted by atomic mass is 9.95. The summed E-state index contributed by atoms with van der Waals surface area (Å²) in [5.74, 6) is -0.740. The van der Waals surface area contributed by atoms with E-state index >= 15 is 0 Å². The monoisotopic (exact) mass is 371 g/mol. The third kappa shape index (κ3) is 3.21. The van der Waals surface area contributed by atoms with E-state index in [4.69, 9.17) is 4.74 Å². The van der Waals surface area contributed by atoms with Gasteiger partial charge in [-0.15, -0.1) is 0 Å². The summed E-state index contributed by atoms with van der Waals surface area (Å²) < 4.78 is 18.6. The minimum Gasteiger partial charge on any atom is -0.465 e. The molecule has 4 heteroatoms. The van der Waals surface area contributed by atoms with Crippen molar-refractivity contribution in [3.63, 3.8) is 0 Å². The number of halogens is 1. The summed E-state index contributed by atoms with van der Waals surface area (Å²) in [5, 5.41) is 0. The van der Waals surface area contributed by atoms with E-state index in [1.807, 2.05) is 60.7 Å². The van der Waals surface area contributed by atoms with Gasteiger partial charge in [0.25, 0.3) is 0 Å². The molecule has 0 amide bonds. The predicted octanol–water partition coefficient (Wildman–Crippen LogP) is 5.94. The number of nitrogens with one attached hydrogen (secondary N) is 1. The average molecular weight is 371 g/mol. The first-order valence-corrected chi connectivity index (χ1v) is 8.90. The van der Waals surface area contributed by atoms with E-state index in [1.165, 1.54) is 19.2 Å². The van der Waals surface area contributed by atoms with E-state index in [0.29, 0.717) is 11.3 Å². The number of carbonyl (C=O) groups is 1. The highest BCUT2D eigenvalue weighted by molar-refractivity contribution is 6.07. The second-order valence-electron chi connectivity index (χ2n) is 6.36. The van der Waals surface area contributed by atoms with E-state index in [2.05, 4.69) is 4.98 Å². The van der Waals surface area contributed by atoms with Crippen LogP contribution in [0, 0.1) is 5.82 Å². The SMILES string of the molecule is COC(=O)c1c(-c2ccccc2)[nH]c(-c2ccc(F)cc2)c1-c1ccccc1. The lowest BCUT2D eigenvalue weighted by Crippen LogP contribution is -2.03. The number of carbonyl (C=O) groups excluding carboxylic acids is 1. The first-order valence-electron chi connectivity index (χ1n) is 8.90. The van der Waals surface area contributed by atoms with E-state index < -0.39 is 5.97 Å². The molecular formula is C24H18FNO2. The molecule has 0 atom stereocenters. The molecule has 0 bridgehead atoms. The zero-order chi connectivity index (χ0) is 19.5. The summed E-state index contributed by atoms with van der Waals surface area (Å²) >= 11 is 0. The quantitative estimate of drug-likeness (QED) is 0.451. The highest BCUT2D eigenvalue weighted by atomic mass is 19.1. The largest absolute Gasteiger partial charge is 0.465 e. The van der Waals surface area contributed by atoms with Crippen molar-refractivity contribution < 1.29 is 13.9 Å². The van der Waals surface area contributed by atoms with Gasteiger partial charge in [0.05, 0.1) is 24.1 Å². The fourth-order valence-electron chi connectivity index (χ4n) is 3.35. The molecule has 0 saturated heterocycles. The van der Waals surface area contributed by atoms with E-state index in [0.717, 1.165) is 27.9 Å². The molecule has 0 saturated carbocycles. The number of hydrogen-bond acceptors (Lipinski definition) is 2. The minimum absolute atomic E-state index is 0.312. The summed E-state index contributed by atoms with van der Waals surface area (Å²) in [6, 6.07) is 25.5. The van der Waals surface area contributed by atoms with Crippen LogP contribution < -0.4 is 0 Å². The topological polar surface area (TPSA) is 42.1 Å². The van der Waals surface area contributed by atoms with Crippen LogP contribution in [0.15, 0.2) is 84.9 Å². The molecule has 28 heavy (non-hydrogen) atoms. The van der Waals surface area contributed by atoms with Gasteiger partial charge in [0.1, 0.15) is 5.82 Å². The zero-order valence-electron chi connectivity index (χ0n) is 15.3. The van der Waals surface area contributed by atoms with Crippen LogP contribution in [0.2, 0.25) is 0 Å². The van der Waals surface area contributed by atoms with Crippen LogP contribution >= 0.6 is 0 Å². The van der Waals surface area contributed by atoms with Crippen molar-refractivity contribution in [1.29, 1.82) is 0 Å². The number of hydrogen-bond donors (Lipinski definition) is 1. The maximum atomic E-state index is 13.5. The molecule has 1 N–H and O–H groups in total. The van der Waals surface area contributed by atoms with Gasteiger partial charge in [0.2, 0.25) is 0 Å². The Bertz CT molecular complexity index is 1100. The number of aromatic amines is 1. The molecule has 1 aromatic heterocycles. The Morgan fingerprint density at radius 2 is 1.29 bits per heavy atom. The van der Waals surface area contributed by atoms with Crippen LogP contribution in [0.4, 0.5) is 4.39 Å². The number of ether oxygens (including phenoxy) is 1. The molecule has 0 aliphatic heterocycles. The van der Waals surface area contributed by atoms with Crippen molar-refractivity contribution in [1.82, 2.24) is 4.98 Å². The van der Waals surface area contributed by atoms with Gasteiger partial charge in [-0.05, 0) is 41.0 Å². The number of benzene rings is 3. The molecule has 1 heterocycles. The Hall–Kier alpha value is -3.66. The number of aromatic nitrogens is 1. The Labute approximate surface area is 162 Å². The minimum atomic E-state index is -0.428. The first kappa shape index (κ1) is 17.7. The van der Waals surface area contributed by atoms with E-state index in [1.54, 1.807) is 12.1 Å². The molecule has 0 radical (unpaired) electrons. The summed E-state index contributed by atoms with van der Waals surface area (Å²) in [4.78, 5) is 16.2.